The number of nitrogens with one attached hydrogen (secondary N) is 1. The standard InChI is InChI=1S/C11H9BrN2O3/c1-16-9-3-2-7(6-13-9)14-11(15)8-4-5-17-10(8)12/h2-6H,1H3,(H,14,15). The Morgan fingerprint density at radius 2 is 2.29 bits per heavy atom. The molecule has 1 amide bonds. The fraction of sp³-hybridized carbons (Fsp3) is 0.0909. The van der Waals surface area contributed by atoms with Gasteiger partial charge in [0.1, 0.15) is 0 Å². The van der Waals surface area contributed by atoms with Crippen LogP contribution < -0.4 is 10.1 Å². The lowest BCUT2D eigenvalue weighted by molar-refractivity contribution is 0.102. The molecule has 0 spiro atoms. The summed E-state index contributed by atoms with van der Waals surface area (Å²) in [5, 5.41) is 2.69. The van der Waals surface area contributed by atoms with Gasteiger partial charge >= 0.3 is 0 Å². The third-order valence-electron chi connectivity index (χ3n) is 2.07. The maximum atomic E-state index is 11.8. The number of amides is 1. The summed E-state index contributed by atoms with van der Waals surface area (Å²) in [5.41, 5.74) is 1.02. The number of nitrogens with zero attached hydrogens (tertiary/aromatic N) is 1. The fourth-order valence-corrected chi connectivity index (χ4v) is 1.65. The van der Waals surface area contributed by atoms with Gasteiger partial charge in [0.2, 0.25) is 5.88 Å². The molecular weight excluding hydrogens is 288 g/mol. The van der Waals surface area contributed by atoms with Gasteiger partial charge in [-0.15, -0.1) is 0 Å². The maximum absolute atomic E-state index is 11.8. The smallest absolute Gasteiger partial charge is 0.260 e. The monoisotopic (exact) mass is 296 g/mol. The molecule has 0 saturated carbocycles. The van der Waals surface area contributed by atoms with E-state index in [0.717, 1.165) is 0 Å². The van der Waals surface area contributed by atoms with Gasteiger partial charge in [-0.2, -0.15) is 0 Å². The Labute approximate surface area is 106 Å². The van der Waals surface area contributed by atoms with E-state index in [0.29, 0.717) is 21.8 Å². The molecule has 2 aromatic rings. The van der Waals surface area contributed by atoms with Crippen LogP contribution in [0.5, 0.6) is 5.88 Å². The Kier molecular flexibility index (Phi) is 3.43. The summed E-state index contributed by atoms with van der Waals surface area (Å²) in [7, 11) is 1.53. The van der Waals surface area contributed by atoms with Gasteiger partial charge in [0, 0.05) is 6.07 Å². The molecule has 88 valence electrons. The molecule has 1 N–H and O–H groups in total. The molecule has 0 bridgehead atoms. The molecule has 0 unspecified atom stereocenters. The minimum Gasteiger partial charge on any atom is -0.481 e. The van der Waals surface area contributed by atoms with Crippen LogP contribution in [0.15, 0.2) is 39.7 Å². The number of methoxy groups -OCH3 is 1. The van der Waals surface area contributed by atoms with Crippen molar-refractivity contribution in [3.05, 3.63) is 40.9 Å². The van der Waals surface area contributed by atoms with Crippen LogP contribution in [-0.2, 0) is 0 Å². The maximum Gasteiger partial charge on any atom is 0.260 e. The first kappa shape index (κ1) is 11.7. The third-order valence-corrected chi connectivity index (χ3v) is 2.68. The lowest BCUT2D eigenvalue weighted by Gasteiger charge is -2.04. The predicted octanol–water partition coefficient (Wildman–Crippen LogP) is 2.70. The van der Waals surface area contributed by atoms with Crippen LogP contribution in [-0.4, -0.2) is 18.0 Å². The van der Waals surface area contributed by atoms with E-state index in [2.05, 4.69) is 26.2 Å². The van der Waals surface area contributed by atoms with Crippen LogP contribution in [0.1, 0.15) is 10.4 Å². The predicted molar refractivity (Wildman–Crippen MR) is 65.2 cm³/mol. The summed E-state index contributed by atoms with van der Waals surface area (Å²) in [6.07, 6.45) is 2.95. The summed E-state index contributed by atoms with van der Waals surface area (Å²) in [6.45, 7) is 0. The molecule has 0 radical (unpaired) electrons. The van der Waals surface area contributed by atoms with E-state index < -0.39 is 0 Å². The summed E-state index contributed by atoms with van der Waals surface area (Å²) in [5.74, 6) is 0.227. The van der Waals surface area contributed by atoms with E-state index in [1.165, 1.54) is 19.6 Å². The Balaban J connectivity index is 2.10. The highest BCUT2D eigenvalue weighted by Gasteiger charge is 2.12. The van der Waals surface area contributed by atoms with E-state index >= 15 is 0 Å². The van der Waals surface area contributed by atoms with Crippen LogP contribution >= 0.6 is 15.9 Å². The number of carbonyl (C=O) groups excluding carboxylic acids is 1. The fourth-order valence-electron chi connectivity index (χ4n) is 1.23. The van der Waals surface area contributed by atoms with Crippen molar-refractivity contribution in [3.63, 3.8) is 0 Å². The van der Waals surface area contributed by atoms with Crippen molar-refractivity contribution >= 4 is 27.5 Å². The topological polar surface area (TPSA) is 64.4 Å². The molecule has 0 aliphatic heterocycles. The zero-order valence-corrected chi connectivity index (χ0v) is 10.5. The van der Waals surface area contributed by atoms with Gasteiger partial charge in [-0.1, -0.05) is 0 Å². The van der Waals surface area contributed by atoms with Crippen molar-refractivity contribution in [1.82, 2.24) is 4.98 Å². The average molecular weight is 297 g/mol. The second-order valence-corrected chi connectivity index (χ2v) is 3.87. The molecule has 0 atom stereocenters. The molecule has 0 saturated heterocycles. The molecule has 2 heterocycles. The molecule has 0 aromatic carbocycles. The van der Waals surface area contributed by atoms with Gasteiger partial charge in [0.15, 0.2) is 4.67 Å². The largest absolute Gasteiger partial charge is 0.481 e. The summed E-state index contributed by atoms with van der Waals surface area (Å²) in [6, 6.07) is 4.95. The van der Waals surface area contributed by atoms with Crippen molar-refractivity contribution < 1.29 is 13.9 Å². The Morgan fingerprint density at radius 1 is 1.47 bits per heavy atom. The summed E-state index contributed by atoms with van der Waals surface area (Å²) >= 11 is 3.14. The molecule has 5 nitrogen and oxygen atoms in total. The lowest BCUT2D eigenvalue weighted by Crippen LogP contribution is -2.11. The minimum atomic E-state index is -0.266. The van der Waals surface area contributed by atoms with E-state index in [1.54, 1.807) is 18.2 Å². The second kappa shape index (κ2) is 5.01. The van der Waals surface area contributed by atoms with E-state index in [4.69, 9.17) is 9.15 Å². The zero-order chi connectivity index (χ0) is 12.3. The van der Waals surface area contributed by atoms with Crippen molar-refractivity contribution in [1.29, 1.82) is 0 Å². The molecule has 0 aliphatic rings. The minimum absolute atomic E-state index is 0.266. The number of hydrogen-bond acceptors (Lipinski definition) is 4. The van der Waals surface area contributed by atoms with Crippen molar-refractivity contribution in [2.75, 3.05) is 12.4 Å². The van der Waals surface area contributed by atoms with E-state index in [-0.39, 0.29) is 5.91 Å². The van der Waals surface area contributed by atoms with E-state index in [1.807, 2.05) is 0 Å². The number of pyridine rings is 1. The van der Waals surface area contributed by atoms with Crippen LogP contribution in [0.2, 0.25) is 0 Å². The first-order valence-electron chi connectivity index (χ1n) is 4.75. The quantitative estimate of drug-likeness (QED) is 0.946. The number of hydrogen-bond donors (Lipinski definition) is 1. The van der Waals surface area contributed by atoms with Gasteiger partial charge in [0.05, 0.1) is 30.8 Å². The highest BCUT2D eigenvalue weighted by atomic mass is 79.9. The van der Waals surface area contributed by atoms with Gasteiger partial charge in [-0.25, -0.2) is 4.98 Å². The van der Waals surface area contributed by atoms with E-state index in [9.17, 15) is 4.79 Å². The summed E-state index contributed by atoms with van der Waals surface area (Å²) < 4.78 is 10.3. The third kappa shape index (κ3) is 2.65. The van der Waals surface area contributed by atoms with Crippen LogP contribution in [0.25, 0.3) is 0 Å². The molecule has 2 aromatic heterocycles. The average Bonchev–Trinajstić information content (AvgIpc) is 2.76. The molecule has 2 rings (SSSR count). The molecule has 0 fully saturated rings. The SMILES string of the molecule is COc1ccc(NC(=O)c2ccoc2Br)cn1. The number of carbonyl (C=O) groups is 1. The van der Waals surface area contributed by atoms with Crippen molar-refractivity contribution in [2.45, 2.75) is 0 Å². The molecule has 6 heteroatoms. The van der Waals surface area contributed by atoms with Crippen LogP contribution in [0.3, 0.4) is 0 Å². The van der Waals surface area contributed by atoms with Crippen molar-refractivity contribution in [2.24, 2.45) is 0 Å². The number of aromatic nitrogens is 1. The molecule has 0 aliphatic carbocycles. The Bertz CT molecular complexity index is 522. The number of halogens is 1. The number of anilines is 1. The van der Waals surface area contributed by atoms with Gasteiger partial charge in [-0.05, 0) is 28.1 Å². The lowest BCUT2D eigenvalue weighted by atomic mass is 10.3. The first-order valence-corrected chi connectivity index (χ1v) is 5.54. The Morgan fingerprint density at radius 3 is 2.82 bits per heavy atom. The normalized spacial score (nSPS) is 10.0. The zero-order valence-electron chi connectivity index (χ0n) is 8.94. The summed E-state index contributed by atoms with van der Waals surface area (Å²) in [4.78, 5) is 15.8. The number of rotatable bonds is 3. The first-order chi connectivity index (χ1) is 8.20. The highest BCUT2D eigenvalue weighted by Crippen LogP contribution is 2.19. The Hall–Kier alpha value is -1.82. The van der Waals surface area contributed by atoms with Gasteiger partial charge < -0.3 is 14.5 Å². The molecular formula is C11H9BrN2O3. The number of furan rings is 1. The van der Waals surface area contributed by atoms with Crippen LogP contribution in [0.4, 0.5) is 5.69 Å². The second-order valence-electron chi connectivity index (χ2n) is 3.15. The van der Waals surface area contributed by atoms with Crippen molar-refractivity contribution in [3.8, 4) is 5.88 Å². The molecule has 17 heavy (non-hydrogen) atoms. The highest BCUT2D eigenvalue weighted by molar-refractivity contribution is 9.10. The van der Waals surface area contributed by atoms with Crippen LogP contribution in [0, 0.1) is 0 Å². The van der Waals surface area contributed by atoms with Gasteiger partial charge in [0.25, 0.3) is 5.91 Å². The number of ether oxygens (including phenoxy) is 1. The van der Waals surface area contributed by atoms with Gasteiger partial charge in [-0.3, -0.25) is 4.79 Å².